The Morgan fingerprint density at radius 3 is 2.58 bits per heavy atom. The van der Waals surface area contributed by atoms with E-state index in [4.69, 9.17) is 34.8 Å². The van der Waals surface area contributed by atoms with Crippen molar-refractivity contribution in [2.75, 3.05) is 11.1 Å². The van der Waals surface area contributed by atoms with Gasteiger partial charge in [0.15, 0.2) is 11.0 Å². The summed E-state index contributed by atoms with van der Waals surface area (Å²) >= 11 is 19.2. The summed E-state index contributed by atoms with van der Waals surface area (Å²) in [5.74, 6) is 0.217. The normalized spacial score (nSPS) is 11.0. The fourth-order valence-electron chi connectivity index (χ4n) is 2.78. The number of benzene rings is 2. The lowest BCUT2D eigenvalue weighted by atomic mass is 10.2. The van der Waals surface area contributed by atoms with Crippen LogP contribution >= 0.6 is 46.6 Å². The van der Waals surface area contributed by atoms with Gasteiger partial charge in [-0.15, -0.1) is 10.2 Å². The maximum atomic E-state index is 12.3. The topological polar surface area (TPSA) is 88.9 Å². The number of carbonyl (C=O) groups is 2. The molecule has 0 unspecified atom stereocenters. The Labute approximate surface area is 210 Å². The Morgan fingerprint density at radius 1 is 1.06 bits per heavy atom. The van der Waals surface area contributed by atoms with E-state index in [1.54, 1.807) is 30.3 Å². The molecule has 172 valence electrons. The quantitative estimate of drug-likeness (QED) is 0.292. The number of hydrogen-bond acceptors (Lipinski definition) is 5. The van der Waals surface area contributed by atoms with Gasteiger partial charge in [-0.25, -0.2) is 0 Å². The zero-order valence-corrected chi connectivity index (χ0v) is 20.6. The molecule has 0 atom stereocenters. The minimum absolute atomic E-state index is 0.130. The zero-order chi connectivity index (χ0) is 23.8. The number of hydrogen-bond donors (Lipinski definition) is 2. The molecule has 3 rings (SSSR count). The average Bonchev–Trinajstić information content (AvgIpc) is 3.20. The van der Waals surface area contributed by atoms with Crippen molar-refractivity contribution in [1.29, 1.82) is 0 Å². The molecule has 33 heavy (non-hydrogen) atoms. The minimum atomic E-state index is -0.282. The summed E-state index contributed by atoms with van der Waals surface area (Å²) in [5.41, 5.74) is 1.31. The third-order valence-corrected chi connectivity index (χ3v) is 6.44. The molecule has 0 radical (unpaired) electrons. The SMILES string of the molecule is CCn1c(CNC(=O)/C=C/c2ccccc2Cl)nnc1SCC(=O)Nc1ccc(Cl)c(Cl)c1. The van der Waals surface area contributed by atoms with Gasteiger partial charge in [0, 0.05) is 23.3 Å². The summed E-state index contributed by atoms with van der Waals surface area (Å²) in [7, 11) is 0. The van der Waals surface area contributed by atoms with Gasteiger partial charge in [-0.2, -0.15) is 0 Å². The monoisotopic (exact) mass is 523 g/mol. The summed E-state index contributed by atoms with van der Waals surface area (Å²) in [6.45, 7) is 2.72. The van der Waals surface area contributed by atoms with Gasteiger partial charge in [-0.3, -0.25) is 9.59 Å². The molecule has 0 aliphatic rings. The molecule has 0 spiro atoms. The number of amides is 2. The Balaban J connectivity index is 1.53. The molecule has 2 N–H and O–H groups in total. The van der Waals surface area contributed by atoms with E-state index in [0.717, 1.165) is 5.56 Å². The third kappa shape index (κ3) is 7.23. The van der Waals surface area contributed by atoms with Gasteiger partial charge in [0.1, 0.15) is 0 Å². The Hall–Kier alpha value is -2.52. The summed E-state index contributed by atoms with van der Waals surface area (Å²) in [6.07, 6.45) is 3.06. The van der Waals surface area contributed by atoms with Crippen molar-refractivity contribution in [3.63, 3.8) is 0 Å². The number of nitrogens with one attached hydrogen (secondary N) is 2. The largest absolute Gasteiger partial charge is 0.345 e. The molecule has 1 aromatic heterocycles. The van der Waals surface area contributed by atoms with Crippen LogP contribution in [-0.2, 0) is 22.7 Å². The fraction of sp³-hybridized carbons (Fsp3) is 0.182. The van der Waals surface area contributed by atoms with Gasteiger partial charge < -0.3 is 15.2 Å². The second-order valence-corrected chi connectivity index (χ2v) is 8.85. The summed E-state index contributed by atoms with van der Waals surface area (Å²) in [5, 5.41) is 15.8. The maximum Gasteiger partial charge on any atom is 0.244 e. The zero-order valence-electron chi connectivity index (χ0n) is 17.5. The van der Waals surface area contributed by atoms with E-state index >= 15 is 0 Å². The van der Waals surface area contributed by atoms with E-state index in [9.17, 15) is 9.59 Å². The summed E-state index contributed by atoms with van der Waals surface area (Å²) < 4.78 is 1.84. The van der Waals surface area contributed by atoms with Crippen molar-refractivity contribution in [2.45, 2.75) is 25.2 Å². The van der Waals surface area contributed by atoms with Crippen LogP contribution in [0.4, 0.5) is 5.69 Å². The number of aromatic nitrogens is 3. The number of thioether (sulfide) groups is 1. The van der Waals surface area contributed by atoms with E-state index < -0.39 is 0 Å². The summed E-state index contributed by atoms with van der Waals surface area (Å²) in [4.78, 5) is 24.4. The van der Waals surface area contributed by atoms with Gasteiger partial charge >= 0.3 is 0 Å². The standard InChI is InChI=1S/C22H20Cl3N5O2S/c1-2-30-19(12-26-20(31)10-7-14-5-3-4-6-16(14)23)28-29-22(30)33-13-21(32)27-15-8-9-17(24)18(25)11-15/h3-11H,2,12-13H2,1H3,(H,26,31)(H,27,32)/b10-7+. The highest BCUT2D eigenvalue weighted by molar-refractivity contribution is 7.99. The molecular weight excluding hydrogens is 505 g/mol. The first-order chi connectivity index (χ1) is 15.9. The molecular formula is C22H20Cl3N5O2S. The lowest BCUT2D eigenvalue weighted by Gasteiger charge is -2.08. The molecule has 0 saturated heterocycles. The van der Waals surface area contributed by atoms with Crippen molar-refractivity contribution >= 4 is 70.1 Å². The molecule has 0 bridgehead atoms. The van der Waals surface area contributed by atoms with Crippen molar-refractivity contribution < 1.29 is 9.59 Å². The molecule has 2 amide bonds. The van der Waals surface area contributed by atoms with Crippen LogP contribution in [0.2, 0.25) is 15.1 Å². The van der Waals surface area contributed by atoms with Gasteiger partial charge in [-0.1, -0.05) is 64.8 Å². The number of halogens is 3. The predicted octanol–water partition coefficient (Wildman–Crippen LogP) is 5.32. The second-order valence-electron chi connectivity index (χ2n) is 6.68. The van der Waals surface area contributed by atoms with Crippen LogP contribution in [0.5, 0.6) is 0 Å². The van der Waals surface area contributed by atoms with Crippen molar-refractivity contribution in [1.82, 2.24) is 20.1 Å². The highest BCUT2D eigenvalue weighted by Gasteiger charge is 2.14. The highest BCUT2D eigenvalue weighted by Crippen LogP contribution is 2.25. The van der Waals surface area contributed by atoms with E-state index in [0.29, 0.717) is 38.3 Å². The van der Waals surface area contributed by atoms with Crippen LogP contribution < -0.4 is 10.6 Å². The number of carbonyl (C=O) groups excluding carboxylic acids is 2. The summed E-state index contributed by atoms with van der Waals surface area (Å²) in [6, 6.07) is 12.1. The Kier molecular flexibility index (Phi) is 9.20. The average molecular weight is 525 g/mol. The van der Waals surface area contributed by atoms with Crippen LogP contribution in [-0.4, -0.2) is 32.3 Å². The van der Waals surface area contributed by atoms with E-state index in [1.165, 1.54) is 17.8 Å². The fourth-order valence-corrected chi connectivity index (χ4v) is 4.09. The van der Waals surface area contributed by atoms with Crippen LogP contribution in [0.15, 0.2) is 53.7 Å². The first-order valence-electron chi connectivity index (χ1n) is 9.87. The second kappa shape index (κ2) is 12.1. The molecule has 1 heterocycles. The van der Waals surface area contributed by atoms with Crippen molar-refractivity contribution in [3.05, 3.63) is 75.0 Å². The van der Waals surface area contributed by atoms with E-state index in [1.807, 2.05) is 29.7 Å². The smallest absolute Gasteiger partial charge is 0.244 e. The van der Waals surface area contributed by atoms with Gasteiger partial charge in [0.2, 0.25) is 11.8 Å². The molecule has 11 heteroatoms. The predicted molar refractivity (Wildman–Crippen MR) is 134 cm³/mol. The lowest BCUT2D eigenvalue weighted by Crippen LogP contribution is -2.22. The van der Waals surface area contributed by atoms with E-state index in [-0.39, 0.29) is 24.1 Å². The van der Waals surface area contributed by atoms with Crippen LogP contribution in [0, 0.1) is 0 Å². The lowest BCUT2D eigenvalue weighted by molar-refractivity contribution is -0.116. The van der Waals surface area contributed by atoms with Gasteiger partial charge in [-0.05, 0) is 42.8 Å². The van der Waals surface area contributed by atoms with Gasteiger partial charge in [0.25, 0.3) is 0 Å². The van der Waals surface area contributed by atoms with Crippen LogP contribution in [0.3, 0.4) is 0 Å². The molecule has 3 aromatic rings. The minimum Gasteiger partial charge on any atom is -0.345 e. The molecule has 0 aliphatic heterocycles. The molecule has 0 fully saturated rings. The molecule has 7 nitrogen and oxygen atoms in total. The molecule has 0 aliphatic carbocycles. The van der Waals surface area contributed by atoms with Crippen molar-refractivity contribution in [3.8, 4) is 0 Å². The van der Waals surface area contributed by atoms with Crippen LogP contribution in [0.25, 0.3) is 6.08 Å². The number of anilines is 1. The number of nitrogens with zero attached hydrogens (tertiary/aromatic N) is 3. The highest BCUT2D eigenvalue weighted by atomic mass is 35.5. The maximum absolute atomic E-state index is 12.3. The van der Waals surface area contributed by atoms with Crippen molar-refractivity contribution in [2.24, 2.45) is 0 Å². The van der Waals surface area contributed by atoms with Crippen LogP contribution in [0.1, 0.15) is 18.3 Å². The third-order valence-electron chi connectivity index (χ3n) is 4.39. The molecule has 0 saturated carbocycles. The van der Waals surface area contributed by atoms with Gasteiger partial charge in [0.05, 0.1) is 22.3 Å². The molecule has 2 aromatic carbocycles. The Bertz CT molecular complexity index is 1180. The Morgan fingerprint density at radius 2 is 1.85 bits per heavy atom. The first kappa shape index (κ1) is 25.1. The number of rotatable bonds is 9. The van der Waals surface area contributed by atoms with E-state index in [2.05, 4.69) is 20.8 Å². The first-order valence-corrected chi connectivity index (χ1v) is 12.0.